The average Bonchev–Trinajstić information content (AvgIpc) is 3.23. The van der Waals surface area contributed by atoms with E-state index in [1.54, 1.807) is 0 Å². The van der Waals surface area contributed by atoms with Gasteiger partial charge in [-0.25, -0.2) is 0 Å². The van der Waals surface area contributed by atoms with Gasteiger partial charge in [-0.1, -0.05) is 29.8 Å². The lowest BCUT2D eigenvalue weighted by Gasteiger charge is -2.35. The number of guanidine groups is 1. The van der Waals surface area contributed by atoms with Crippen molar-refractivity contribution in [2.45, 2.75) is 25.8 Å². The lowest BCUT2D eigenvalue weighted by Crippen LogP contribution is -2.46. The molecule has 0 bridgehead atoms. The maximum Gasteiger partial charge on any atom is 0.191 e. The van der Waals surface area contributed by atoms with E-state index in [1.165, 1.54) is 0 Å². The van der Waals surface area contributed by atoms with E-state index in [0.717, 1.165) is 62.4 Å². The number of ether oxygens (including phenoxy) is 2. The zero-order valence-electron chi connectivity index (χ0n) is 18.3. The van der Waals surface area contributed by atoms with Crippen LogP contribution in [0.2, 0.25) is 5.02 Å². The third kappa shape index (κ3) is 7.71. The molecule has 0 amide bonds. The molecular weight excluding hydrogens is 531 g/mol. The van der Waals surface area contributed by atoms with Gasteiger partial charge in [-0.3, -0.25) is 9.89 Å². The summed E-state index contributed by atoms with van der Waals surface area (Å²) in [7, 11) is 0. The van der Waals surface area contributed by atoms with Crippen LogP contribution in [0.25, 0.3) is 0 Å². The molecule has 1 aromatic carbocycles. The van der Waals surface area contributed by atoms with Gasteiger partial charge in [0, 0.05) is 49.8 Å². The van der Waals surface area contributed by atoms with Gasteiger partial charge < -0.3 is 25.2 Å². The van der Waals surface area contributed by atoms with Crippen LogP contribution < -0.4 is 10.6 Å². The van der Waals surface area contributed by atoms with Crippen molar-refractivity contribution >= 4 is 41.5 Å². The van der Waals surface area contributed by atoms with Gasteiger partial charge >= 0.3 is 0 Å². The third-order valence-corrected chi connectivity index (χ3v) is 6.30. The Bertz CT molecular complexity index is 682. The van der Waals surface area contributed by atoms with Crippen LogP contribution in [0.1, 0.15) is 31.4 Å². The van der Waals surface area contributed by atoms with Crippen LogP contribution in [0.4, 0.5) is 0 Å². The van der Waals surface area contributed by atoms with Crippen molar-refractivity contribution in [3.63, 3.8) is 0 Å². The van der Waals surface area contributed by atoms with E-state index < -0.39 is 0 Å². The number of benzene rings is 1. The molecule has 7 nitrogen and oxygen atoms in total. The first-order chi connectivity index (χ1) is 14.7. The van der Waals surface area contributed by atoms with Gasteiger partial charge in [0.15, 0.2) is 5.96 Å². The molecule has 0 aromatic heterocycles. The topological polar surface area (TPSA) is 78.4 Å². The average molecular weight is 567 g/mol. The zero-order chi connectivity index (χ0) is 21.2. The molecule has 3 rings (SSSR count). The molecule has 0 spiro atoms. The normalized spacial score (nSPS) is 23.3. The van der Waals surface area contributed by atoms with E-state index in [1.807, 2.05) is 18.2 Å². The van der Waals surface area contributed by atoms with Crippen molar-refractivity contribution in [1.29, 1.82) is 0 Å². The summed E-state index contributed by atoms with van der Waals surface area (Å²) < 4.78 is 11.1. The molecule has 2 heterocycles. The fraction of sp³-hybridized carbons (Fsp3) is 0.682. The fourth-order valence-electron chi connectivity index (χ4n) is 4.14. The lowest BCUT2D eigenvalue weighted by molar-refractivity contribution is 0.0170. The third-order valence-electron chi connectivity index (χ3n) is 5.96. The van der Waals surface area contributed by atoms with Crippen molar-refractivity contribution in [1.82, 2.24) is 15.5 Å². The first kappa shape index (κ1) is 26.6. The minimum atomic E-state index is -0.0660. The van der Waals surface area contributed by atoms with Crippen LogP contribution in [-0.4, -0.2) is 81.7 Å². The quantitative estimate of drug-likeness (QED) is 0.242. The standard InChI is InChI=1S/C22H35ClN4O3.HI/c1-2-24-21(26-16-22(7-11-28)8-12-30-17-22)25-15-20(27-9-13-29-14-10-27)18-5-3-4-6-19(18)23;/h3-6,20,28H,2,7-17H2,1H3,(H2,24,25,26);1H. The predicted octanol–water partition coefficient (Wildman–Crippen LogP) is 2.68. The molecule has 0 radical (unpaired) electrons. The second-order valence-electron chi connectivity index (χ2n) is 8.04. The molecule has 2 aliphatic heterocycles. The molecule has 1 aromatic rings. The van der Waals surface area contributed by atoms with Gasteiger partial charge in [-0.15, -0.1) is 24.0 Å². The number of nitrogens with one attached hydrogen (secondary N) is 2. The van der Waals surface area contributed by atoms with E-state index in [-0.39, 0.29) is 42.0 Å². The highest BCUT2D eigenvalue weighted by Gasteiger charge is 2.34. The van der Waals surface area contributed by atoms with E-state index in [2.05, 4.69) is 28.5 Å². The Morgan fingerprint density at radius 2 is 2.00 bits per heavy atom. The number of aliphatic hydroxyl groups excluding tert-OH is 1. The summed E-state index contributed by atoms with van der Waals surface area (Å²) >= 11 is 6.55. The lowest BCUT2D eigenvalue weighted by atomic mass is 9.84. The van der Waals surface area contributed by atoms with Crippen molar-refractivity contribution in [2.75, 3.05) is 65.8 Å². The Morgan fingerprint density at radius 3 is 2.65 bits per heavy atom. The van der Waals surface area contributed by atoms with Crippen molar-refractivity contribution < 1.29 is 14.6 Å². The van der Waals surface area contributed by atoms with Crippen molar-refractivity contribution in [2.24, 2.45) is 10.4 Å². The van der Waals surface area contributed by atoms with Gasteiger partial charge in [-0.05, 0) is 31.4 Å². The Hall–Kier alpha value is -0.650. The Labute approximate surface area is 207 Å². The molecule has 3 N–H and O–H groups in total. The van der Waals surface area contributed by atoms with E-state index in [4.69, 9.17) is 26.1 Å². The molecule has 0 aliphatic carbocycles. The second kappa shape index (κ2) is 13.8. The Morgan fingerprint density at radius 1 is 1.23 bits per heavy atom. The molecule has 0 saturated carbocycles. The van der Waals surface area contributed by atoms with Crippen molar-refractivity contribution in [3.8, 4) is 0 Å². The predicted molar refractivity (Wildman–Crippen MR) is 136 cm³/mol. The molecule has 9 heteroatoms. The molecule has 2 unspecified atom stereocenters. The summed E-state index contributed by atoms with van der Waals surface area (Å²) in [6, 6.07) is 8.17. The first-order valence-corrected chi connectivity index (χ1v) is 11.3. The van der Waals surface area contributed by atoms with E-state index in [9.17, 15) is 5.11 Å². The van der Waals surface area contributed by atoms with Crippen LogP contribution in [0.3, 0.4) is 0 Å². The number of nitrogens with zero attached hydrogens (tertiary/aromatic N) is 2. The highest BCUT2D eigenvalue weighted by atomic mass is 127. The number of aliphatic hydroxyl groups is 1. The molecule has 2 saturated heterocycles. The van der Waals surface area contributed by atoms with E-state index >= 15 is 0 Å². The van der Waals surface area contributed by atoms with Gasteiger partial charge in [0.1, 0.15) is 0 Å². The number of morpholine rings is 1. The minimum absolute atomic E-state index is 0. The molecule has 2 fully saturated rings. The Balaban J connectivity index is 0.00000341. The molecular formula is C22H36ClIN4O3. The number of rotatable bonds is 9. The maximum absolute atomic E-state index is 9.47. The van der Waals surface area contributed by atoms with Gasteiger partial charge in [0.05, 0.1) is 32.4 Å². The summed E-state index contributed by atoms with van der Waals surface area (Å²) in [6.07, 6.45) is 1.65. The maximum atomic E-state index is 9.47. The van der Waals surface area contributed by atoms with Gasteiger partial charge in [0.25, 0.3) is 0 Å². The molecule has 2 aliphatic rings. The first-order valence-electron chi connectivity index (χ1n) is 10.9. The summed E-state index contributed by atoms with van der Waals surface area (Å²) in [4.78, 5) is 7.26. The van der Waals surface area contributed by atoms with Crippen LogP contribution in [0.5, 0.6) is 0 Å². The highest BCUT2D eigenvalue weighted by Crippen LogP contribution is 2.32. The second-order valence-corrected chi connectivity index (χ2v) is 8.45. The smallest absolute Gasteiger partial charge is 0.191 e. The van der Waals surface area contributed by atoms with Gasteiger partial charge in [-0.2, -0.15) is 0 Å². The summed E-state index contributed by atoms with van der Waals surface area (Å²) in [5.74, 6) is 0.784. The van der Waals surface area contributed by atoms with E-state index in [0.29, 0.717) is 26.1 Å². The minimum Gasteiger partial charge on any atom is -0.396 e. The SMILES string of the molecule is CCNC(=NCC1(CCO)CCOC1)NCC(c1ccccc1Cl)N1CCOCC1.I. The fourth-order valence-corrected chi connectivity index (χ4v) is 4.40. The number of aliphatic imine (C=N–C) groups is 1. The number of hydrogen-bond acceptors (Lipinski definition) is 5. The highest BCUT2D eigenvalue weighted by molar-refractivity contribution is 14.0. The van der Waals surface area contributed by atoms with Crippen LogP contribution in [0.15, 0.2) is 29.3 Å². The zero-order valence-corrected chi connectivity index (χ0v) is 21.4. The molecule has 31 heavy (non-hydrogen) atoms. The van der Waals surface area contributed by atoms with Crippen LogP contribution >= 0.6 is 35.6 Å². The summed E-state index contributed by atoms with van der Waals surface area (Å²) in [5.41, 5.74) is 1.05. The van der Waals surface area contributed by atoms with Crippen LogP contribution in [-0.2, 0) is 9.47 Å². The molecule has 2 atom stereocenters. The summed E-state index contributed by atoms with van der Waals surface area (Å²) in [5, 5.41) is 17.1. The molecule has 176 valence electrons. The largest absolute Gasteiger partial charge is 0.396 e. The Kier molecular flexibility index (Phi) is 11.8. The number of hydrogen-bond donors (Lipinski definition) is 3. The van der Waals surface area contributed by atoms with Crippen molar-refractivity contribution in [3.05, 3.63) is 34.9 Å². The number of halogens is 2. The monoisotopic (exact) mass is 566 g/mol. The van der Waals surface area contributed by atoms with Crippen LogP contribution in [0, 0.1) is 5.41 Å². The summed E-state index contributed by atoms with van der Waals surface area (Å²) in [6.45, 7) is 8.96. The van der Waals surface area contributed by atoms with Gasteiger partial charge in [0.2, 0.25) is 0 Å².